The highest BCUT2D eigenvalue weighted by atomic mass is 35.5. The first kappa shape index (κ1) is 18.0. The van der Waals surface area contributed by atoms with Crippen LogP contribution in [0.4, 0.5) is 0 Å². The molecule has 0 atom stereocenters. The Bertz CT molecular complexity index is 892. The second-order valence-corrected chi connectivity index (χ2v) is 6.15. The molecule has 1 heterocycles. The summed E-state index contributed by atoms with van der Waals surface area (Å²) >= 11 is 6.09. The summed E-state index contributed by atoms with van der Waals surface area (Å²) in [5.74, 6) is 0.491. The number of benzene rings is 2. The average molecular weight is 370 g/mol. The average Bonchev–Trinajstić information content (AvgIpc) is 3.13. The second-order valence-electron chi connectivity index (χ2n) is 5.74. The molecule has 1 N–H and O–H groups in total. The molecule has 26 heavy (non-hydrogen) atoms. The smallest absolute Gasteiger partial charge is 0.251 e. The normalized spacial score (nSPS) is 10.5. The molecule has 0 aliphatic rings. The zero-order valence-corrected chi connectivity index (χ0v) is 15.2. The topological polar surface area (TPSA) is 56.2 Å². The van der Waals surface area contributed by atoms with Gasteiger partial charge in [0.05, 0.1) is 17.3 Å². The van der Waals surface area contributed by atoms with E-state index in [1.165, 1.54) is 0 Å². The number of amides is 1. The minimum atomic E-state index is -0.131. The van der Waals surface area contributed by atoms with Crippen LogP contribution in [-0.2, 0) is 19.7 Å². The molecule has 1 aromatic heterocycles. The van der Waals surface area contributed by atoms with E-state index < -0.39 is 0 Å². The lowest BCUT2D eigenvalue weighted by atomic mass is 10.1. The van der Waals surface area contributed by atoms with E-state index in [1.54, 1.807) is 18.3 Å². The van der Waals surface area contributed by atoms with E-state index in [-0.39, 0.29) is 5.91 Å². The van der Waals surface area contributed by atoms with Gasteiger partial charge in [0.15, 0.2) is 0 Å². The van der Waals surface area contributed by atoms with Crippen LogP contribution in [0.2, 0.25) is 5.02 Å². The molecule has 0 spiro atoms. The van der Waals surface area contributed by atoms with Crippen molar-refractivity contribution in [1.29, 1.82) is 0 Å². The predicted molar refractivity (Wildman–Crippen MR) is 101 cm³/mol. The summed E-state index contributed by atoms with van der Waals surface area (Å²) in [6.07, 6.45) is 1.73. The summed E-state index contributed by atoms with van der Waals surface area (Å²) in [4.78, 5) is 12.4. The van der Waals surface area contributed by atoms with Crippen molar-refractivity contribution in [2.45, 2.75) is 26.6 Å². The number of halogens is 1. The van der Waals surface area contributed by atoms with Gasteiger partial charge in [-0.1, -0.05) is 35.9 Å². The van der Waals surface area contributed by atoms with Crippen LogP contribution >= 0.6 is 11.6 Å². The van der Waals surface area contributed by atoms with Crippen molar-refractivity contribution in [1.82, 2.24) is 15.1 Å². The first-order chi connectivity index (χ1) is 12.7. The van der Waals surface area contributed by atoms with Crippen molar-refractivity contribution in [3.8, 4) is 5.75 Å². The first-order valence-electron chi connectivity index (χ1n) is 8.42. The molecular formula is C20H20ClN3O2. The molecular weight excluding hydrogens is 350 g/mol. The number of carbonyl (C=O) groups is 1. The maximum atomic E-state index is 12.4. The minimum Gasteiger partial charge on any atom is -0.487 e. The van der Waals surface area contributed by atoms with Crippen molar-refractivity contribution >= 4 is 17.5 Å². The highest BCUT2D eigenvalue weighted by molar-refractivity contribution is 6.32. The number of carbonyl (C=O) groups excluding carboxylic acids is 1. The van der Waals surface area contributed by atoms with Gasteiger partial charge in [0, 0.05) is 18.3 Å². The second kappa shape index (κ2) is 8.54. The van der Waals surface area contributed by atoms with Gasteiger partial charge < -0.3 is 10.1 Å². The highest BCUT2D eigenvalue weighted by Crippen LogP contribution is 2.24. The van der Waals surface area contributed by atoms with E-state index >= 15 is 0 Å². The lowest BCUT2D eigenvalue weighted by molar-refractivity contribution is 0.0949. The highest BCUT2D eigenvalue weighted by Gasteiger charge is 2.09. The number of ether oxygens (including phenoxy) is 1. The first-order valence-corrected chi connectivity index (χ1v) is 8.80. The molecule has 0 aliphatic carbocycles. The Morgan fingerprint density at radius 2 is 2.04 bits per heavy atom. The molecule has 0 unspecified atom stereocenters. The largest absolute Gasteiger partial charge is 0.487 e. The van der Waals surface area contributed by atoms with Gasteiger partial charge in [-0.05, 0) is 42.8 Å². The van der Waals surface area contributed by atoms with Gasteiger partial charge in [-0.3, -0.25) is 9.48 Å². The number of hydrogen-bond acceptors (Lipinski definition) is 3. The summed E-state index contributed by atoms with van der Waals surface area (Å²) in [7, 11) is 0. The van der Waals surface area contributed by atoms with Crippen molar-refractivity contribution < 1.29 is 9.53 Å². The third-order valence-electron chi connectivity index (χ3n) is 3.95. The van der Waals surface area contributed by atoms with Gasteiger partial charge in [0.2, 0.25) is 0 Å². The lowest BCUT2D eigenvalue weighted by Gasteiger charge is -2.10. The third-order valence-corrected chi connectivity index (χ3v) is 4.27. The fraction of sp³-hybridized carbons (Fsp3) is 0.200. The molecule has 0 bridgehead atoms. The Hall–Kier alpha value is -2.79. The van der Waals surface area contributed by atoms with E-state index in [0.29, 0.717) is 29.5 Å². The number of rotatable bonds is 7. The van der Waals surface area contributed by atoms with Gasteiger partial charge in [-0.2, -0.15) is 5.10 Å². The van der Waals surface area contributed by atoms with E-state index in [1.807, 2.05) is 54.1 Å². The Morgan fingerprint density at radius 3 is 2.85 bits per heavy atom. The van der Waals surface area contributed by atoms with Gasteiger partial charge in [-0.25, -0.2) is 0 Å². The zero-order valence-electron chi connectivity index (χ0n) is 14.5. The molecule has 0 fully saturated rings. The van der Waals surface area contributed by atoms with Crippen molar-refractivity contribution in [2.24, 2.45) is 0 Å². The van der Waals surface area contributed by atoms with Crippen molar-refractivity contribution in [2.75, 3.05) is 0 Å². The number of nitrogens with zero attached hydrogens (tertiary/aromatic N) is 2. The Kier molecular flexibility index (Phi) is 5.92. The Balaban J connectivity index is 1.61. The molecule has 2 aromatic carbocycles. The number of para-hydroxylation sites is 1. The molecule has 6 heteroatoms. The van der Waals surface area contributed by atoms with Crippen LogP contribution in [-0.4, -0.2) is 15.7 Å². The van der Waals surface area contributed by atoms with E-state index in [2.05, 4.69) is 10.4 Å². The molecule has 0 saturated heterocycles. The Morgan fingerprint density at radius 1 is 1.19 bits per heavy atom. The van der Waals surface area contributed by atoms with Crippen LogP contribution in [0, 0.1) is 0 Å². The van der Waals surface area contributed by atoms with E-state index in [0.717, 1.165) is 17.8 Å². The van der Waals surface area contributed by atoms with Crippen LogP contribution < -0.4 is 10.1 Å². The molecule has 3 rings (SSSR count). The molecule has 1 amide bonds. The molecule has 3 aromatic rings. The SMILES string of the molecule is CCn1nccc1CNC(=O)c1cccc(COc2ccccc2Cl)c1. The van der Waals surface area contributed by atoms with E-state index in [9.17, 15) is 4.79 Å². The van der Waals surface area contributed by atoms with Crippen LogP contribution in [0.5, 0.6) is 5.75 Å². The maximum absolute atomic E-state index is 12.4. The van der Waals surface area contributed by atoms with Crippen LogP contribution in [0.25, 0.3) is 0 Å². The van der Waals surface area contributed by atoms with Crippen LogP contribution in [0.1, 0.15) is 28.5 Å². The summed E-state index contributed by atoms with van der Waals surface area (Å²) in [5, 5.41) is 7.69. The number of nitrogens with one attached hydrogen (secondary N) is 1. The fourth-order valence-electron chi connectivity index (χ4n) is 2.59. The van der Waals surface area contributed by atoms with Crippen molar-refractivity contribution in [3.63, 3.8) is 0 Å². The summed E-state index contributed by atoms with van der Waals surface area (Å²) in [6, 6.07) is 16.6. The molecule has 0 aliphatic heterocycles. The van der Waals surface area contributed by atoms with Gasteiger partial charge in [0.1, 0.15) is 12.4 Å². The third kappa shape index (κ3) is 4.43. The summed E-state index contributed by atoms with van der Waals surface area (Å²) < 4.78 is 7.59. The molecule has 0 saturated carbocycles. The lowest BCUT2D eigenvalue weighted by Crippen LogP contribution is -2.24. The number of hydrogen-bond donors (Lipinski definition) is 1. The van der Waals surface area contributed by atoms with Gasteiger partial charge in [-0.15, -0.1) is 0 Å². The van der Waals surface area contributed by atoms with Crippen LogP contribution in [0.3, 0.4) is 0 Å². The predicted octanol–water partition coefficient (Wildman–Crippen LogP) is 4.07. The minimum absolute atomic E-state index is 0.131. The number of aryl methyl sites for hydroxylation is 1. The summed E-state index contributed by atoms with van der Waals surface area (Å²) in [5.41, 5.74) is 2.46. The quantitative estimate of drug-likeness (QED) is 0.683. The van der Waals surface area contributed by atoms with Gasteiger partial charge >= 0.3 is 0 Å². The van der Waals surface area contributed by atoms with Crippen LogP contribution in [0.15, 0.2) is 60.8 Å². The molecule has 0 radical (unpaired) electrons. The van der Waals surface area contributed by atoms with Gasteiger partial charge in [0.25, 0.3) is 5.91 Å². The maximum Gasteiger partial charge on any atom is 0.251 e. The standard InChI is InChI=1S/C20H20ClN3O2/c1-2-24-17(10-11-23-24)13-22-20(25)16-7-5-6-15(12-16)14-26-19-9-4-3-8-18(19)21/h3-12H,2,13-14H2,1H3,(H,22,25). The molecule has 5 nitrogen and oxygen atoms in total. The molecule has 134 valence electrons. The summed E-state index contributed by atoms with van der Waals surface area (Å²) in [6.45, 7) is 3.56. The zero-order chi connectivity index (χ0) is 18.4. The monoisotopic (exact) mass is 369 g/mol. The Labute approximate surface area is 157 Å². The fourth-order valence-corrected chi connectivity index (χ4v) is 2.78. The number of aromatic nitrogens is 2. The van der Waals surface area contributed by atoms with Crippen molar-refractivity contribution in [3.05, 3.63) is 82.6 Å². The van der Waals surface area contributed by atoms with E-state index in [4.69, 9.17) is 16.3 Å².